The monoisotopic (exact) mass is 248 g/mol. The van der Waals surface area contributed by atoms with E-state index in [1.165, 1.54) is 14.0 Å². The number of carbonyl (C=O) groups excluding carboxylic acids is 2. The Morgan fingerprint density at radius 3 is 2.59 bits per heavy atom. The molecule has 1 fully saturated rings. The van der Waals surface area contributed by atoms with E-state index < -0.39 is 36.5 Å². The number of carbonyl (C=O) groups is 2. The average Bonchev–Trinajstić information content (AvgIpc) is 2.23. The van der Waals surface area contributed by atoms with Gasteiger partial charge in [-0.1, -0.05) is 0 Å². The number of hydrogen-bond donors (Lipinski definition) is 2. The van der Waals surface area contributed by atoms with Gasteiger partial charge >= 0.3 is 11.9 Å². The van der Waals surface area contributed by atoms with E-state index in [0.29, 0.717) is 0 Å². The van der Waals surface area contributed by atoms with Crippen LogP contribution in [0.1, 0.15) is 19.8 Å². The summed E-state index contributed by atoms with van der Waals surface area (Å²) in [6, 6.07) is 0. The van der Waals surface area contributed by atoms with E-state index in [1.807, 2.05) is 0 Å². The first-order valence-electron chi connectivity index (χ1n) is 5.19. The van der Waals surface area contributed by atoms with Gasteiger partial charge in [0.15, 0.2) is 6.29 Å². The van der Waals surface area contributed by atoms with Gasteiger partial charge in [0.2, 0.25) is 0 Å². The lowest BCUT2D eigenvalue weighted by Crippen LogP contribution is -2.50. The molecule has 1 aliphatic rings. The van der Waals surface area contributed by atoms with Crippen LogP contribution in [0.15, 0.2) is 0 Å². The second kappa shape index (κ2) is 5.95. The Bertz CT molecular complexity index is 290. The molecule has 0 aromatic rings. The Kier molecular flexibility index (Phi) is 4.86. The number of ether oxygens (including phenoxy) is 3. The van der Waals surface area contributed by atoms with E-state index in [0.717, 1.165) is 0 Å². The van der Waals surface area contributed by atoms with E-state index in [2.05, 4.69) is 4.74 Å². The van der Waals surface area contributed by atoms with Crippen LogP contribution in [0.2, 0.25) is 0 Å². The highest BCUT2D eigenvalue weighted by atomic mass is 16.6. The average molecular weight is 248 g/mol. The summed E-state index contributed by atoms with van der Waals surface area (Å²) in [6.07, 6.45) is -4.43. The highest BCUT2D eigenvalue weighted by Crippen LogP contribution is 2.24. The highest BCUT2D eigenvalue weighted by molar-refractivity contribution is 5.70. The van der Waals surface area contributed by atoms with Crippen molar-refractivity contribution in [3.8, 4) is 0 Å². The maximum atomic E-state index is 11.1. The number of methoxy groups -OCH3 is 1. The minimum Gasteiger partial charge on any atom is -0.469 e. The lowest BCUT2D eigenvalue weighted by Gasteiger charge is -2.36. The number of rotatable bonds is 3. The first-order valence-corrected chi connectivity index (χ1v) is 5.19. The molecule has 0 aliphatic carbocycles. The summed E-state index contributed by atoms with van der Waals surface area (Å²) in [5.74, 6) is -1.15. The molecule has 0 aromatic heterocycles. The van der Waals surface area contributed by atoms with Crippen molar-refractivity contribution >= 4 is 11.9 Å². The summed E-state index contributed by atoms with van der Waals surface area (Å²) in [6.45, 7) is 1.20. The van der Waals surface area contributed by atoms with Crippen LogP contribution in [0, 0.1) is 0 Å². The molecule has 0 spiro atoms. The van der Waals surface area contributed by atoms with Crippen LogP contribution in [-0.4, -0.2) is 53.9 Å². The lowest BCUT2D eigenvalue weighted by atomic mass is 9.99. The van der Waals surface area contributed by atoms with E-state index >= 15 is 0 Å². The molecule has 4 atom stereocenters. The summed E-state index contributed by atoms with van der Waals surface area (Å²) in [5, 5.41) is 19.2. The first-order chi connectivity index (χ1) is 7.93. The van der Waals surface area contributed by atoms with Gasteiger partial charge < -0.3 is 24.4 Å². The molecule has 1 rings (SSSR count). The largest absolute Gasteiger partial charge is 0.469 e. The molecule has 0 bridgehead atoms. The van der Waals surface area contributed by atoms with Crippen LogP contribution in [0.3, 0.4) is 0 Å². The van der Waals surface area contributed by atoms with Crippen molar-refractivity contribution in [3.63, 3.8) is 0 Å². The van der Waals surface area contributed by atoms with Gasteiger partial charge in [0, 0.05) is 13.3 Å². The normalized spacial score (nSPS) is 32.9. The van der Waals surface area contributed by atoms with Crippen molar-refractivity contribution < 1.29 is 34.0 Å². The van der Waals surface area contributed by atoms with E-state index in [-0.39, 0.29) is 12.8 Å². The van der Waals surface area contributed by atoms with Crippen LogP contribution in [0.25, 0.3) is 0 Å². The SMILES string of the molecule is COC(=O)C[C@H]1OC(O)C[C@@H](OC(C)=O)[C@H]1O. The van der Waals surface area contributed by atoms with Crippen LogP contribution in [-0.2, 0) is 23.8 Å². The zero-order chi connectivity index (χ0) is 13.0. The molecule has 2 N–H and O–H groups in total. The Hall–Kier alpha value is -1.18. The van der Waals surface area contributed by atoms with Crippen LogP contribution in [0.4, 0.5) is 0 Å². The van der Waals surface area contributed by atoms with Gasteiger partial charge in [0.25, 0.3) is 0 Å². The fourth-order valence-corrected chi connectivity index (χ4v) is 1.66. The number of aliphatic hydroxyl groups excluding tert-OH is 2. The van der Waals surface area contributed by atoms with Gasteiger partial charge in [-0.2, -0.15) is 0 Å². The van der Waals surface area contributed by atoms with Crippen molar-refractivity contribution in [1.82, 2.24) is 0 Å². The standard InChI is InChI=1S/C10H16O7/c1-5(11)16-6-4-9(13)17-7(10(6)14)3-8(12)15-2/h6-7,9-10,13-14H,3-4H2,1-2H3/t6-,7-,9?,10-/m1/s1. The maximum absolute atomic E-state index is 11.1. The van der Waals surface area contributed by atoms with E-state index in [4.69, 9.17) is 9.47 Å². The predicted molar refractivity (Wildman–Crippen MR) is 53.7 cm³/mol. The molecular formula is C10H16O7. The van der Waals surface area contributed by atoms with E-state index in [9.17, 15) is 19.8 Å². The molecular weight excluding hydrogens is 232 g/mol. The van der Waals surface area contributed by atoms with E-state index in [1.54, 1.807) is 0 Å². The summed E-state index contributed by atoms with van der Waals surface area (Å²) in [4.78, 5) is 21.9. The zero-order valence-corrected chi connectivity index (χ0v) is 9.66. The van der Waals surface area contributed by atoms with Crippen molar-refractivity contribution in [3.05, 3.63) is 0 Å². The summed E-state index contributed by atoms with van der Waals surface area (Å²) in [7, 11) is 1.21. The van der Waals surface area contributed by atoms with Crippen LogP contribution in [0.5, 0.6) is 0 Å². The smallest absolute Gasteiger partial charge is 0.308 e. The van der Waals surface area contributed by atoms with Gasteiger partial charge in [-0.25, -0.2) is 0 Å². The molecule has 1 aliphatic heterocycles. The summed E-state index contributed by atoms with van der Waals surface area (Å²) < 4.78 is 14.3. The Labute approximate surface area is 98.3 Å². The minimum atomic E-state index is -1.18. The number of aliphatic hydroxyl groups is 2. The molecule has 98 valence electrons. The lowest BCUT2D eigenvalue weighted by molar-refractivity contribution is -0.240. The minimum absolute atomic E-state index is 0.0293. The summed E-state index contributed by atoms with van der Waals surface area (Å²) >= 11 is 0. The zero-order valence-electron chi connectivity index (χ0n) is 9.66. The fraction of sp³-hybridized carbons (Fsp3) is 0.800. The number of hydrogen-bond acceptors (Lipinski definition) is 7. The quantitative estimate of drug-likeness (QED) is 0.614. The van der Waals surface area contributed by atoms with Crippen molar-refractivity contribution in [2.75, 3.05) is 7.11 Å². The van der Waals surface area contributed by atoms with Crippen LogP contribution >= 0.6 is 0 Å². The molecule has 0 saturated carbocycles. The van der Waals surface area contributed by atoms with Crippen LogP contribution < -0.4 is 0 Å². The Balaban J connectivity index is 2.64. The molecule has 7 nitrogen and oxygen atoms in total. The molecule has 17 heavy (non-hydrogen) atoms. The molecule has 1 heterocycles. The third-order valence-corrected chi connectivity index (χ3v) is 2.44. The van der Waals surface area contributed by atoms with Crippen molar-refractivity contribution in [2.45, 2.75) is 44.4 Å². The second-order valence-corrected chi connectivity index (χ2v) is 3.78. The summed E-state index contributed by atoms with van der Waals surface area (Å²) in [5.41, 5.74) is 0. The topological polar surface area (TPSA) is 102 Å². The Morgan fingerprint density at radius 2 is 2.06 bits per heavy atom. The number of esters is 2. The predicted octanol–water partition coefficient (Wildman–Crippen LogP) is -1.05. The Morgan fingerprint density at radius 1 is 1.41 bits per heavy atom. The third kappa shape index (κ3) is 3.95. The van der Waals surface area contributed by atoms with Gasteiger partial charge in [-0.3, -0.25) is 9.59 Å². The molecule has 0 amide bonds. The van der Waals surface area contributed by atoms with Crippen molar-refractivity contribution in [2.24, 2.45) is 0 Å². The molecule has 1 saturated heterocycles. The second-order valence-electron chi connectivity index (χ2n) is 3.78. The highest BCUT2D eigenvalue weighted by Gasteiger charge is 2.40. The van der Waals surface area contributed by atoms with Gasteiger partial charge in [-0.15, -0.1) is 0 Å². The maximum Gasteiger partial charge on any atom is 0.308 e. The van der Waals surface area contributed by atoms with Gasteiger partial charge in [0.05, 0.1) is 13.5 Å². The third-order valence-electron chi connectivity index (χ3n) is 2.44. The fourth-order valence-electron chi connectivity index (χ4n) is 1.66. The molecule has 0 radical (unpaired) electrons. The first kappa shape index (κ1) is 13.9. The molecule has 1 unspecified atom stereocenters. The van der Waals surface area contributed by atoms with Gasteiger partial charge in [-0.05, 0) is 0 Å². The van der Waals surface area contributed by atoms with Crippen molar-refractivity contribution in [1.29, 1.82) is 0 Å². The molecule has 7 heteroatoms. The molecule has 0 aromatic carbocycles. The van der Waals surface area contributed by atoms with Gasteiger partial charge in [0.1, 0.15) is 18.3 Å².